The normalized spacial score (nSPS) is 18.1. The largest absolute Gasteiger partial charge is 0.491 e. The van der Waals surface area contributed by atoms with Crippen LogP contribution in [0.15, 0.2) is 24.3 Å². The molecular formula is C32H43ClN6O4. The predicted octanol–water partition coefficient (Wildman–Crippen LogP) is 6.39. The van der Waals surface area contributed by atoms with E-state index < -0.39 is 5.60 Å². The third-order valence-electron chi connectivity index (χ3n) is 7.85. The number of carbonyl (C=O) groups is 2. The molecule has 4 heterocycles. The highest BCUT2D eigenvalue weighted by Crippen LogP contribution is 2.38. The minimum Gasteiger partial charge on any atom is -0.491 e. The van der Waals surface area contributed by atoms with Crippen LogP contribution in [0.2, 0.25) is 5.02 Å². The summed E-state index contributed by atoms with van der Waals surface area (Å²) in [6, 6.07) is 7.03. The zero-order chi connectivity index (χ0) is 30.7. The molecule has 11 heteroatoms. The van der Waals surface area contributed by atoms with Crippen LogP contribution < -0.4 is 10.1 Å². The zero-order valence-electron chi connectivity index (χ0n) is 25.9. The van der Waals surface area contributed by atoms with Crippen molar-refractivity contribution in [2.75, 3.05) is 44.6 Å². The highest BCUT2D eigenvalue weighted by atomic mass is 35.5. The van der Waals surface area contributed by atoms with Crippen molar-refractivity contribution >= 4 is 40.6 Å². The predicted molar refractivity (Wildman–Crippen MR) is 168 cm³/mol. The number of aryl methyl sites for hydroxylation is 2. The van der Waals surface area contributed by atoms with Gasteiger partial charge in [0.15, 0.2) is 0 Å². The van der Waals surface area contributed by atoms with E-state index in [1.54, 1.807) is 17.0 Å². The molecule has 0 spiro atoms. The topological polar surface area (TPSA) is 102 Å². The molecule has 3 aromatic rings. The van der Waals surface area contributed by atoms with Crippen molar-refractivity contribution in [1.29, 1.82) is 0 Å². The van der Waals surface area contributed by atoms with Crippen LogP contribution in [0.1, 0.15) is 80.7 Å². The Balaban J connectivity index is 1.51. The van der Waals surface area contributed by atoms with Crippen molar-refractivity contribution in [2.45, 2.75) is 78.4 Å². The molecule has 0 saturated carbocycles. The quantitative estimate of drug-likeness (QED) is 0.331. The van der Waals surface area contributed by atoms with Crippen molar-refractivity contribution in [2.24, 2.45) is 0 Å². The Morgan fingerprint density at radius 2 is 1.72 bits per heavy atom. The molecule has 2 aromatic heterocycles. The lowest BCUT2D eigenvalue weighted by Crippen LogP contribution is -2.39. The molecule has 43 heavy (non-hydrogen) atoms. The first-order valence-corrected chi connectivity index (χ1v) is 15.7. The van der Waals surface area contributed by atoms with E-state index in [4.69, 9.17) is 26.1 Å². The van der Waals surface area contributed by atoms with Gasteiger partial charge >= 0.3 is 6.09 Å². The summed E-state index contributed by atoms with van der Waals surface area (Å²) < 4.78 is 13.9. The Bertz CT molecular complexity index is 1460. The Hall–Kier alpha value is -3.37. The fourth-order valence-electron chi connectivity index (χ4n) is 5.94. The van der Waals surface area contributed by atoms with E-state index >= 15 is 0 Å². The second-order valence-corrected chi connectivity index (χ2v) is 13.0. The number of anilines is 1. The van der Waals surface area contributed by atoms with Crippen LogP contribution in [0.5, 0.6) is 5.75 Å². The number of hydrogen-bond acceptors (Lipinski definition) is 7. The summed E-state index contributed by atoms with van der Waals surface area (Å²) in [5.74, 6) is 0.658. The van der Waals surface area contributed by atoms with Crippen molar-refractivity contribution in [3.63, 3.8) is 0 Å². The van der Waals surface area contributed by atoms with Crippen molar-refractivity contribution in [1.82, 2.24) is 24.3 Å². The van der Waals surface area contributed by atoms with Gasteiger partial charge in [-0.05, 0) is 104 Å². The minimum absolute atomic E-state index is 0.200. The number of aromatic nitrogens is 3. The molecule has 232 valence electrons. The van der Waals surface area contributed by atoms with Gasteiger partial charge in [-0.15, -0.1) is 0 Å². The third kappa shape index (κ3) is 7.59. The SMILES string of the molecule is Cc1cc(C(=O)Nc2nc3ccc(OCCN4CCCC4)c(Cl)c3n2C2CCCCN(C(=O)OC(C)(C)C)C2)cc(C)n1. The van der Waals surface area contributed by atoms with E-state index in [2.05, 4.69) is 15.2 Å². The first-order valence-electron chi connectivity index (χ1n) is 15.3. The lowest BCUT2D eigenvalue weighted by Gasteiger charge is -2.29. The summed E-state index contributed by atoms with van der Waals surface area (Å²) in [6.07, 6.45) is 4.61. The van der Waals surface area contributed by atoms with Crippen molar-refractivity contribution in [3.05, 3.63) is 46.2 Å². The number of hydrogen-bond donors (Lipinski definition) is 1. The van der Waals surface area contributed by atoms with Crippen LogP contribution >= 0.6 is 11.6 Å². The smallest absolute Gasteiger partial charge is 0.410 e. The van der Waals surface area contributed by atoms with Crippen LogP contribution in [0, 0.1) is 13.8 Å². The highest BCUT2D eigenvalue weighted by Gasteiger charge is 2.31. The molecule has 2 saturated heterocycles. The number of carbonyl (C=O) groups excluding carboxylic acids is 2. The van der Waals surface area contributed by atoms with E-state index in [1.807, 2.05) is 51.3 Å². The third-order valence-corrected chi connectivity index (χ3v) is 8.22. The summed E-state index contributed by atoms with van der Waals surface area (Å²) in [5, 5.41) is 3.48. The number of likely N-dealkylation sites (tertiary alicyclic amines) is 2. The first kappa shape index (κ1) is 31.1. The van der Waals surface area contributed by atoms with Crippen molar-refractivity contribution < 1.29 is 19.1 Å². The summed E-state index contributed by atoms with van der Waals surface area (Å²) in [4.78, 5) is 40.0. The molecule has 0 bridgehead atoms. The number of nitrogens with zero attached hydrogens (tertiary/aromatic N) is 5. The van der Waals surface area contributed by atoms with E-state index in [0.29, 0.717) is 53.0 Å². The van der Waals surface area contributed by atoms with Gasteiger partial charge in [-0.2, -0.15) is 0 Å². The molecule has 0 radical (unpaired) electrons. The minimum atomic E-state index is -0.606. The lowest BCUT2D eigenvalue weighted by molar-refractivity contribution is 0.0238. The van der Waals surface area contributed by atoms with Gasteiger partial charge < -0.3 is 18.9 Å². The molecule has 2 fully saturated rings. The average Bonchev–Trinajstić information content (AvgIpc) is 3.50. The van der Waals surface area contributed by atoms with Gasteiger partial charge in [0, 0.05) is 36.6 Å². The van der Waals surface area contributed by atoms with E-state index in [9.17, 15) is 9.59 Å². The Labute approximate surface area is 258 Å². The Morgan fingerprint density at radius 1 is 1.02 bits per heavy atom. The maximum Gasteiger partial charge on any atom is 0.410 e. The second-order valence-electron chi connectivity index (χ2n) is 12.6. The molecule has 1 aromatic carbocycles. The summed E-state index contributed by atoms with van der Waals surface area (Å²) in [7, 11) is 0. The maximum atomic E-state index is 13.5. The number of pyridine rings is 1. The summed E-state index contributed by atoms with van der Waals surface area (Å²) in [5.41, 5.74) is 2.72. The molecule has 10 nitrogen and oxygen atoms in total. The fraction of sp³-hybridized carbons (Fsp3) is 0.562. The number of fused-ring (bicyclic) bond motifs is 1. The number of rotatable bonds is 7. The van der Waals surface area contributed by atoms with Gasteiger partial charge in [-0.3, -0.25) is 20.0 Å². The molecule has 0 aliphatic carbocycles. The monoisotopic (exact) mass is 610 g/mol. The number of benzene rings is 1. The number of ether oxygens (including phenoxy) is 2. The standard InChI is InChI=1S/C32H43ClN6O4/c1-21-18-23(19-22(2)34-21)29(40)36-30-35-25-11-12-26(42-17-16-37-13-8-9-14-37)27(33)28(25)39(30)24-10-6-7-15-38(20-24)31(41)43-32(3,4)5/h11-12,18-19,24H,6-10,13-17,20H2,1-5H3,(H,35,36,40). The summed E-state index contributed by atoms with van der Waals surface area (Å²) >= 11 is 7.07. The number of halogens is 1. The second kappa shape index (κ2) is 13.1. The van der Waals surface area contributed by atoms with E-state index in [0.717, 1.165) is 50.3 Å². The number of imidazole rings is 1. The molecule has 1 N–H and O–H groups in total. The van der Waals surface area contributed by atoms with Crippen LogP contribution in [0.25, 0.3) is 11.0 Å². The average molecular weight is 611 g/mol. The molecule has 1 unspecified atom stereocenters. The molecule has 5 rings (SSSR count). The number of amides is 2. The maximum absolute atomic E-state index is 13.5. The van der Waals surface area contributed by atoms with E-state index in [-0.39, 0.29) is 18.0 Å². The Kier molecular flexibility index (Phi) is 9.46. The van der Waals surface area contributed by atoms with Crippen LogP contribution in [0.3, 0.4) is 0 Å². The lowest BCUT2D eigenvalue weighted by atomic mass is 10.1. The first-order chi connectivity index (χ1) is 20.5. The summed E-state index contributed by atoms with van der Waals surface area (Å²) in [6.45, 7) is 13.9. The van der Waals surface area contributed by atoms with Crippen LogP contribution in [-0.2, 0) is 4.74 Å². The number of nitrogens with one attached hydrogen (secondary N) is 1. The van der Waals surface area contributed by atoms with Gasteiger partial charge in [0.1, 0.15) is 23.0 Å². The molecule has 2 aliphatic rings. The molecule has 1 atom stereocenters. The fourth-order valence-corrected chi connectivity index (χ4v) is 6.24. The zero-order valence-corrected chi connectivity index (χ0v) is 26.7. The van der Waals surface area contributed by atoms with Gasteiger partial charge in [-0.25, -0.2) is 9.78 Å². The van der Waals surface area contributed by atoms with Gasteiger partial charge in [0.05, 0.1) is 17.1 Å². The van der Waals surface area contributed by atoms with Crippen LogP contribution in [-0.4, -0.2) is 81.3 Å². The van der Waals surface area contributed by atoms with Crippen LogP contribution in [0.4, 0.5) is 10.7 Å². The van der Waals surface area contributed by atoms with Gasteiger partial charge in [-0.1, -0.05) is 11.6 Å². The molecular weight excluding hydrogens is 568 g/mol. The highest BCUT2D eigenvalue weighted by molar-refractivity contribution is 6.36. The molecule has 2 aliphatic heterocycles. The van der Waals surface area contributed by atoms with Crippen molar-refractivity contribution in [3.8, 4) is 5.75 Å². The van der Waals surface area contributed by atoms with Gasteiger partial charge in [0.25, 0.3) is 5.91 Å². The molecule has 2 amide bonds. The Morgan fingerprint density at radius 3 is 2.42 bits per heavy atom. The van der Waals surface area contributed by atoms with Gasteiger partial charge in [0.2, 0.25) is 5.95 Å². The van der Waals surface area contributed by atoms with E-state index in [1.165, 1.54) is 12.8 Å².